The van der Waals surface area contributed by atoms with Gasteiger partial charge in [-0.05, 0) is 24.3 Å². The van der Waals surface area contributed by atoms with Crippen molar-refractivity contribution in [2.75, 3.05) is 38.0 Å². The lowest BCUT2D eigenvalue weighted by Crippen LogP contribution is -2.50. The summed E-state index contributed by atoms with van der Waals surface area (Å²) in [5, 5.41) is 17.8. The van der Waals surface area contributed by atoms with Crippen LogP contribution in [0, 0.1) is 0 Å². The maximum Gasteiger partial charge on any atom is 0.278 e. The summed E-state index contributed by atoms with van der Waals surface area (Å²) in [7, 11) is 0. The molecule has 3 aromatic rings. The Balaban J connectivity index is 1.33. The number of amides is 2. The normalized spacial score (nSPS) is 14.4. The van der Waals surface area contributed by atoms with Crippen molar-refractivity contribution in [3.05, 3.63) is 71.5 Å². The van der Waals surface area contributed by atoms with Gasteiger partial charge in [-0.1, -0.05) is 41.9 Å². The first-order chi connectivity index (χ1) is 15.0. The minimum absolute atomic E-state index is 0.0220. The van der Waals surface area contributed by atoms with Crippen molar-refractivity contribution in [3.8, 4) is 11.4 Å². The number of aromatic hydroxyl groups is 1. The minimum Gasteiger partial charge on any atom is -0.504 e. The topological polar surface area (TPSA) is 90.7 Å². The standard InChI is InChI=1S/C22H22ClN5O3/c23-17-8-4-5-9-18(17)24-20(30)15-26-10-12-27(13-11-26)22(31)21-19(29)14-28(25-21)16-6-2-1-3-7-16/h1-9,14,29H,10-13,15H2,(H,24,30). The number of benzene rings is 2. The third-order valence-electron chi connectivity index (χ3n) is 5.09. The molecule has 0 spiro atoms. The average molecular weight is 440 g/mol. The number of anilines is 1. The highest BCUT2D eigenvalue weighted by Gasteiger charge is 2.27. The van der Waals surface area contributed by atoms with E-state index in [9.17, 15) is 14.7 Å². The molecule has 160 valence electrons. The van der Waals surface area contributed by atoms with Gasteiger partial charge in [-0.15, -0.1) is 0 Å². The monoisotopic (exact) mass is 439 g/mol. The van der Waals surface area contributed by atoms with Gasteiger partial charge in [-0.2, -0.15) is 5.10 Å². The molecule has 0 bridgehead atoms. The molecule has 0 saturated carbocycles. The Labute approximate surface area is 184 Å². The Kier molecular flexibility index (Phi) is 6.20. The van der Waals surface area contributed by atoms with Crippen LogP contribution < -0.4 is 5.32 Å². The Bertz CT molecular complexity index is 1080. The molecule has 1 aliphatic heterocycles. The number of hydrogen-bond donors (Lipinski definition) is 2. The fraction of sp³-hybridized carbons (Fsp3) is 0.227. The van der Waals surface area contributed by atoms with Crippen molar-refractivity contribution in [1.29, 1.82) is 0 Å². The zero-order valence-corrected chi connectivity index (χ0v) is 17.5. The van der Waals surface area contributed by atoms with Gasteiger partial charge in [0.05, 0.1) is 29.1 Å². The summed E-state index contributed by atoms with van der Waals surface area (Å²) in [6.45, 7) is 2.18. The SMILES string of the molecule is O=C(CN1CCN(C(=O)c2nn(-c3ccccc3)cc2O)CC1)Nc1ccccc1Cl. The zero-order chi connectivity index (χ0) is 21.8. The number of carbonyl (C=O) groups is 2. The maximum atomic E-state index is 12.9. The molecular formula is C22H22ClN5O3. The third kappa shape index (κ3) is 4.87. The van der Waals surface area contributed by atoms with Gasteiger partial charge < -0.3 is 15.3 Å². The molecule has 4 rings (SSSR count). The quantitative estimate of drug-likeness (QED) is 0.637. The molecule has 2 heterocycles. The van der Waals surface area contributed by atoms with Crippen LogP contribution in [0.5, 0.6) is 5.75 Å². The summed E-state index contributed by atoms with van der Waals surface area (Å²) in [6.07, 6.45) is 1.43. The first-order valence-corrected chi connectivity index (χ1v) is 10.3. The van der Waals surface area contributed by atoms with Gasteiger partial charge in [0.2, 0.25) is 5.91 Å². The van der Waals surface area contributed by atoms with Gasteiger partial charge in [-0.3, -0.25) is 14.5 Å². The molecule has 0 unspecified atom stereocenters. The second-order valence-electron chi connectivity index (χ2n) is 7.24. The van der Waals surface area contributed by atoms with Gasteiger partial charge in [0, 0.05) is 26.2 Å². The molecule has 1 fully saturated rings. The van der Waals surface area contributed by atoms with Gasteiger partial charge in [0.15, 0.2) is 11.4 Å². The van der Waals surface area contributed by atoms with Gasteiger partial charge in [0.1, 0.15) is 0 Å². The number of para-hydroxylation sites is 2. The van der Waals surface area contributed by atoms with E-state index < -0.39 is 0 Å². The first-order valence-electron chi connectivity index (χ1n) is 9.91. The molecule has 2 N–H and O–H groups in total. The number of halogens is 1. The van der Waals surface area contributed by atoms with E-state index in [-0.39, 0.29) is 29.8 Å². The molecule has 1 saturated heterocycles. The van der Waals surface area contributed by atoms with Crippen LogP contribution in [0.2, 0.25) is 5.02 Å². The summed E-state index contributed by atoms with van der Waals surface area (Å²) in [5.41, 5.74) is 1.35. The lowest BCUT2D eigenvalue weighted by atomic mass is 10.2. The van der Waals surface area contributed by atoms with E-state index in [1.165, 1.54) is 10.9 Å². The van der Waals surface area contributed by atoms with Crippen LogP contribution in [0.4, 0.5) is 5.69 Å². The number of carbonyl (C=O) groups excluding carboxylic acids is 2. The summed E-state index contributed by atoms with van der Waals surface area (Å²) < 4.78 is 1.48. The predicted molar refractivity (Wildman–Crippen MR) is 118 cm³/mol. The number of hydrogen-bond acceptors (Lipinski definition) is 5. The summed E-state index contributed by atoms with van der Waals surface area (Å²) in [4.78, 5) is 28.8. The van der Waals surface area contributed by atoms with Crippen molar-refractivity contribution in [1.82, 2.24) is 19.6 Å². The molecule has 2 amide bonds. The summed E-state index contributed by atoms with van der Waals surface area (Å²) in [5.74, 6) is -0.644. The van der Waals surface area contributed by atoms with E-state index >= 15 is 0 Å². The number of rotatable bonds is 5. The van der Waals surface area contributed by atoms with Gasteiger partial charge >= 0.3 is 0 Å². The molecule has 1 aromatic heterocycles. The van der Waals surface area contributed by atoms with E-state index in [0.29, 0.717) is 36.9 Å². The van der Waals surface area contributed by atoms with E-state index in [1.807, 2.05) is 35.2 Å². The van der Waals surface area contributed by atoms with Crippen LogP contribution >= 0.6 is 11.6 Å². The van der Waals surface area contributed by atoms with Crippen molar-refractivity contribution in [2.24, 2.45) is 0 Å². The highest BCUT2D eigenvalue weighted by atomic mass is 35.5. The molecule has 0 radical (unpaired) electrons. The number of nitrogens with zero attached hydrogens (tertiary/aromatic N) is 4. The van der Waals surface area contributed by atoms with Crippen LogP contribution in [0.3, 0.4) is 0 Å². The van der Waals surface area contributed by atoms with Crippen molar-refractivity contribution >= 4 is 29.1 Å². The first kappa shape index (κ1) is 20.9. The fourth-order valence-corrected chi connectivity index (χ4v) is 3.63. The van der Waals surface area contributed by atoms with Gasteiger partial charge in [-0.25, -0.2) is 4.68 Å². The van der Waals surface area contributed by atoms with Crippen LogP contribution in [0.15, 0.2) is 60.8 Å². The van der Waals surface area contributed by atoms with E-state index in [2.05, 4.69) is 10.4 Å². The lowest BCUT2D eigenvalue weighted by Gasteiger charge is -2.33. The molecule has 0 aliphatic carbocycles. The second-order valence-corrected chi connectivity index (χ2v) is 7.65. The summed E-state index contributed by atoms with van der Waals surface area (Å²) >= 11 is 6.08. The van der Waals surface area contributed by atoms with Crippen LogP contribution in [0.25, 0.3) is 5.69 Å². The Morgan fingerprint density at radius 2 is 1.68 bits per heavy atom. The largest absolute Gasteiger partial charge is 0.504 e. The Morgan fingerprint density at radius 3 is 2.39 bits per heavy atom. The van der Waals surface area contributed by atoms with E-state index in [4.69, 9.17) is 11.6 Å². The fourth-order valence-electron chi connectivity index (χ4n) is 3.44. The lowest BCUT2D eigenvalue weighted by molar-refractivity contribution is -0.117. The summed E-state index contributed by atoms with van der Waals surface area (Å²) in [6, 6.07) is 16.4. The zero-order valence-electron chi connectivity index (χ0n) is 16.7. The van der Waals surface area contributed by atoms with E-state index in [1.54, 1.807) is 29.2 Å². The smallest absolute Gasteiger partial charge is 0.278 e. The molecule has 9 heteroatoms. The van der Waals surface area contributed by atoms with Crippen molar-refractivity contribution in [2.45, 2.75) is 0 Å². The number of piperazine rings is 1. The minimum atomic E-state index is -0.327. The highest BCUT2D eigenvalue weighted by molar-refractivity contribution is 6.33. The van der Waals surface area contributed by atoms with Crippen molar-refractivity contribution < 1.29 is 14.7 Å². The van der Waals surface area contributed by atoms with Crippen LogP contribution in [0.1, 0.15) is 10.5 Å². The number of aromatic nitrogens is 2. The third-order valence-corrected chi connectivity index (χ3v) is 5.42. The molecule has 2 aromatic carbocycles. The maximum absolute atomic E-state index is 12.9. The second kappa shape index (κ2) is 9.20. The predicted octanol–water partition coefficient (Wildman–Crippen LogP) is 2.63. The highest BCUT2D eigenvalue weighted by Crippen LogP contribution is 2.22. The number of nitrogens with one attached hydrogen (secondary N) is 1. The molecule has 1 aliphatic rings. The van der Waals surface area contributed by atoms with Gasteiger partial charge in [0.25, 0.3) is 5.91 Å². The Morgan fingerprint density at radius 1 is 1.00 bits per heavy atom. The molecule has 0 atom stereocenters. The van der Waals surface area contributed by atoms with Crippen molar-refractivity contribution in [3.63, 3.8) is 0 Å². The van der Waals surface area contributed by atoms with Crippen LogP contribution in [-0.2, 0) is 4.79 Å². The molecular weight excluding hydrogens is 418 g/mol. The Hall–Kier alpha value is -3.36. The molecule has 8 nitrogen and oxygen atoms in total. The van der Waals surface area contributed by atoms with Crippen LogP contribution in [-0.4, -0.2) is 69.2 Å². The molecule has 31 heavy (non-hydrogen) atoms. The average Bonchev–Trinajstić information content (AvgIpc) is 3.17. The van der Waals surface area contributed by atoms with E-state index in [0.717, 1.165) is 5.69 Å².